The molecule has 0 aliphatic carbocycles. The van der Waals surface area contributed by atoms with Crippen LogP contribution >= 0.6 is 0 Å². The Morgan fingerprint density at radius 2 is 1.68 bits per heavy atom. The highest BCUT2D eigenvalue weighted by Gasteiger charge is 2.31. The second kappa shape index (κ2) is 6.76. The number of nitrogens with zero attached hydrogens (tertiary/aromatic N) is 2. The number of alkyl halides is 3. The van der Waals surface area contributed by atoms with Crippen LogP contribution in [0.5, 0.6) is 5.75 Å². The van der Waals surface area contributed by atoms with Gasteiger partial charge in [-0.3, -0.25) is 0 Å². The molecule has 0 aliphatic heterocycles. The highest BCUT2D eigenvalue weighted by atomic mass is 19.4. The van der Waals surface area contributed by atoms with Gasteiger partial charge in [0.15, 0.2) is 5.83 Å². The van der Waals surface area contributed by atoms with E-state index in [4.69, 9.17) is 4.52 Å². The molecule has 8 heteroatoms. The van der Waals surface area contributed by atoms with Crippen LogP contribution < -0.4 is 4.74 Å². The third kappa shape index (κ3) is 4.43. The standard InChI is InChI=1S/C17H10F4N2O2/c18-14(10-11-4-2-1-3-5-11)16-22-15(23-25-16)12-6-8-13(9-7-12)24-17(19,20)21/h1-10H. The number of rotatable bonds is 4. The molecule has 0 saturated carbocycles. The van der Waals surface area contributed by atoms with Crippen molar-refractivity contribution in [1.29, 1.82) is 0 Å². The van der Waals surface area contributed by atoms with Crippen molar-refractivity contribution < 1.29 is 26.8 Å². The van der Waals surface area contributed by atoms with Crippen molar-refractivity contribution in [1.82, 2.24) is 10.1 Å². The Balaban J connectivity index is 1.78. The first-order chi connectivity index (χ1) is 11.9. The van der Waals surface area contributed by atoms with E-state index in [-0.39, 0.29) is 17.5 Å². The number of hydrogen-bond donors (Lipinski definition) is 0. The van der Waals surface area contributed by atoms with Gasteiger partial charge in [-0.25, -0.2) is 4.39 Å². The van der Waals surface area contributed by atoms with Crippen molar-refractivity contribution in [3.63, 3.8) is 0 Å². The van der Waals surface area contributed by atoms with Gasteiger partial charge in [0.1, 0.15) is 5.75 Å². The minimum absolute atomic E-state index is 0.0465. The van der Waals surface area contributed by atoms with E-state index in [1.54, 1.807) is 30.3 Å². The summed E-state index contributed by atoms with van der Waals surface area (Å²) >= 11 is 0. The minimum atomic E-state index is -4.77. The second-order valence-corrected chi connectivity index (χ2v) is 4.90. The highest BCUT2D eigenvalue weighted by Crippen LogP contribution is 2.26. The van der Waals surface area contributed by atoms with Gasteiger partial charge in [0.05, 0.1) is 0 Å². The molecule has 0 amide bonds. The number of ether oxygens (including phenoxy) is 1. The zero-order valence-corrected chi connectivity index (χ0v) is 12.5. The molecule has 0 spiro atoms. The first-order valence-corrected chi connectivity index (χ1v) is 7.03. The zero-order valence-electron chi connectivity index (χ0n) is 12.5. The highest BCUT2D eigenvalue weighted by molar-refractivity contribution is 5.73. The number of hydrogen-bond acceptors (Lipinski definition) is 4. The van der Waals surface area contributed by atoms with Gasteiger partial charge in [0.25, 0.3) is 5.89 Å². The van der Waals surface area contributed by atoms with E-state index >= 15 is 0 Å². The van der Waals surface area contributed by atoms with Gasteiger partial charge in [-0.1, -0.05) is 35.5 Å². The molecule has 0 aliphatic rings. The monoisotopic (exact) mass is 350 g/mol. The Morgan fingerprint density at radius 3 is 2.32 bits per heavy atom. The zero-order chi connectivity index (χ0) is 17.9. The van der Waals surface area contributed by atoms with Crippen LogP contribution in [0.1, 0.15) is 11.5 Å². The molecule has 0 saturated heterocycles. The molecule has 4 nitrogen and oxygen atoms in total. The van der Waals surface area contributed by atoms with Crippen LogP contribution in [0.4, 0.5) is 17.6 Å². The van der Waals surface area contributed by atoms with Gasteiger partial charge in [0, 0.05) is 5.56 Å². The molecule has 0 fully saturated rings. The fourth-order valence-electron chi connectivity index (χ4n) is 2.00. The van der Waals surface area contributed by atoms with Crippen molar-refractivity contribution in [3.8, 4) is 17.1 Å². The second-order valence-electron chi connectivity index (χ2n) is 4.90. The smallest absolute Gasteiger partial charge is 0.406 e. The molecule has 3 rings (SSSR count). The van der Waals surface area contributed by atoms with Gasteiger partial charge in [0.2, 0.25) is 5.82 Å². The number of benzene rings is 2. The summed E-state index contributed by atoms with van der Waals surface area (Å²) in [6.07, 6.45) is -3.54. The number of halogens is 4. The maximum Gasteiger partial charge on any atom is 0.573 e. The summed E-state index contributed by atoms with van der Waals surface area (Å²) in [5.41, 5.74) is 0.977. The Morgan fingerprint density at radius 1 is 1.00 bits per heavy atom. The summed E-state index contributed by atoms with van der Waals surface area (Å²) < 4.78 is 59.1. The van der Waals surface area contributed by atoms with Gasteiger partial charge in [-0.2, -0.15) is 4.98 Å². The molecule has 0 bridgehead atoms. The molecule has 1 heterocycles. The molecule has 0 N–H and O–H groups in total. The van der Waals surface area contributed by atoms with E-state index in [2.05, 4.69) is 14.9 Å². The quantitative estimate of drug-likeness (QED) is 0.614. The average molecular weight is 350 g/mol. The minimum Gasteiger partial charge on any atom is -0.406 e. The summed E-state index contributed by atoms with van der Waals surface area (Å²) in [5.74, 6) is -1.38. The van der Waals surface area contributed by atoms with Gasteiger partial charge in [-0.05, 0) is 35.9 Å². The van der Waals surface area contributed by atoms with E-state index in [1.807, 2.05) is 0 Å². The molecule has 3 aromatic rings. The summed E-state index contributed by atoms with van der Waals surface area (Å²) in [7, 11) is 0. The fourth-order valence-corrected chi connectivity index (χ4v) is 2.00. The first kappa shape index (κ1) is 16.7. The van der Waals surface area contributed by atoms with Crippen LogP contribution in [0.15, 0.2) is 59.1 Å². The summed E-state index contributed by atoms with van der Waals surface area (Å²) in [4.78, 5) is 3.90. The van der Waals surface area contributed by atoms with Crippen LogP contribution in [-0.2, 0) is 0 Å². The third-order valence-electron chi connectivity index (χ3n) is 3.07. The molecule has 0 unspecified atom stereocenters. The van der Waals surface area contributed by atoms with Gasteiger partial charge in [-0.15, -0.1) is 13.2 Å². The summed E-state index contributed by atoms with van der Waals surface area (Å²) in [5, 5.41) is 3.62. The van der Waals surface area contributed by atoms with Crippen LogP contribution in [0.2, 0.25) is 0 Å². The average Bonchev–Trinajstić information content (AvgIpc) is 3.05. The van der Waals surface area contributed by atoms with Crippen molar-refractivity contribution >= 4 is 11.9 Å². The van der Waals surface area contributed by atoms with Crippen molar-refractivity contribution in [2.45, 2.75) is 6.36 Å². The van der Waals surface area contributed by atoms with Crippen LogP contribution in [0.3, 0.4) is 0 Å². The maximum atomic E-state index is 14.1. The molecule has 25 heavy (non-hydrogen) atoms. The SMILES string of the molecule is FC(=Cc1ccccc1)c1nc(-c2ccc(OC(F)(F)F)cc2)no1. The molecule has 0 radical (unpaired) electrons. The Hall–Kier alpha value is -3.16. The first-order valence-electron chi connectivity index (χ1n) is 7.03. The fraction of sp³-hybridized carbons (Fsp3) is 0.0588. The topological polar surface area (TPSA) is 48.2 Å². The lowest BCUT2D eigenvalue weighted by Crippen LogP contribution is -2.16. The van der Waals surface area contributed by atoms with E-state index < -0.39 is 12.2 Å². The lowest BCUT2D eigenvalue weighted by atomic mass is 10.2. The molecular weight excluding hydrogens is 340 g/mol. The van der Waals surface area contributed by atoms with Gasteiger partial charge < -0.3 is 9.26 Å². The van der Waals surface area contributed by atoms with E-state index in [0.717, 1.165) is 12.1 Å². The van der Waals surface area contributed by atoms with Crippen molar-refractivity contribution in [2.24, 2.45) is 0 Å². The Bertz CT molecular complexity index is 872. The lowest BCUT2D eigenvalue weighted by molar-refractivity contribution is -0.274. The Kier molecular flexibility index (Phi) is 4.51. The molecule has 2 aromatic carbocycles. The van der Waals surface area contributed by atoms with Crippen LogP contribution in [-0.4, -0.2) is 16.5 Å². The summed E-state index contributed by atoms with van der Waals surface area (Å²) in [6, 6.07) is 13.6. The van der Waals surface area contributed by atoms with Crippen LogP contribution in [0.25, 0.3) is 23.3 Å². The molecular formula is C17H10F4N2O2. The van der Waals surface area contributed by atoms with E-state index in [9.17, 15) is 17.6 Å². The van der Waals surface area contributed by atoms with Gasteiger partial charge >= 0.3 is 6.36 Å². The maximum absolute atomic E-state index is 14.1. The largest absolute Gasteiger partial charge is 0.573 e. The molecule has 0 atom stereocenters. The van der Waals surface area contributed by atoms with E-state index in [0.29, 0.717) is 11.1 Å². The number of aromatic nitrogens is 2. The van der Waals surface area contributed by atoms with Crippen molar-refractivity contribution in [2.75, 3.05) is 0 Å². The predicted molar refractivity (Wildman–Crippen MR) is 81.8 cm³/mol. The molecule has 128 valence electrons. The van der Waals surface area contributed by atoms with Crippen molar-refractivity contribution in [3.05, 3.63) is 66.1 Å². The summed E-state index contributed by atoms with van der Waals surface area (Å²) in [6.45, 7) is 0. The normalized spacial score (nSPS) is 12.2. The third-order valence-corrected chi connectivity index (χ3v) is 3.07. The Labute approximate surface area is 139 Å². The molecule has 1 aromatic heterocycles. The predicted octanol–water partition coefficient (Wildman–Crippen LogP) is 5.10. The van der Waals surface area contributed by atoms with Crippen LogP contribution in [0, 0.1) is 0 Å². The lowest BCUT2D eigenvalue weighted by Gasteiger charge is -2.08. The van der Waals surface area contributed by atoms with E-state index in [1.165, 1.54) is 18.2 Å².